The Morgan fingerprint density at radius 3 is 2.52 bits per heavy atom. The monoisotopic (exact) mass is 590 g/mol. The number of hydrogen-bond donors (Lipinski definition) is 1. The molecule has 0 saturated carbocycles. The summed E-state index contributed by atoms with van der Waals surface area (Å²) in [5.41, 5.74) is 1.16. The number of anilines is 1. The molecule has 0 saturated heterocycles. The van der Waals surface area contributed by atoms with Crippen molar-refractivity contribution in [3.8, 4) is 22.8 Å². The van der Waals surface area contributed by atoms with Crippen molar-refractivity contribution < 1.29 is 26.7 Å². The largest absolute Gasteiger partial charge is 0.435 e. The fourth-order valence-corrected chi connectivity index (χ4v) is 5.36. The van der Waals surface area contributed by atoms with Gasteiger partial charge in [-0.1, -0.05) is 19.6 Å². The van der Waals surface area contributed by atoms with Gasteiger partial charge in [0, 0.05) is 45.8 Å². The molecule has 40 heavy (non-hydrogen) atoms. The maximum Gasteiger partial charge on any atom is 0.259 e. The molecule has 4 aromatic rings. The number of rotatable bonds is 11. The lowest BCUT2D eigenvalue weighted by atomic mass is 10.1. The minimum absolute atomic E-state index is 0.0719. The van der Waals surface area contributed by atoms with E-state index in [1.54, 1.807) is 30.1 Å². The van der Waals surface area contributed by atoms with E-state index in [1.165, 1.54) is 23.8 Å². The van der Waals surface area contributed by atoms with Gasteiger partial charge in [-0.15, -0.1) is 0 Å². The van der Waals surface area contributed by atoms with E-state index in [-0.39, 0.29) is 40.9 Å². The molecule has 13 heteroatoms. The summed E-state index contributed by atoms with van der Waals surface area (Å²) in [5.74, 6) is -2.22. The van der Waals surface area contributed by atoms with Crippen LogP contribution in [0.1, 0.15) is 6.92 Å². The topological polar surface area (TPSA) is 104 Å². The van der Waals surface area contributed by atoms with Gasteiger partial charge in [-0.2, -0.15) is 0 Å². The van der Waals surface area contributed by atoms with E-state index in [2.05, 4.69) is 29.3 Å². The van der Waals surface area contributed by atoms with E-state index >= 15 is 0 Å². The zero-order valence-electron chi connectivity index (χ0n) is 23.0. The van der Waals surface area contributed by atoms with Crippen molar-refractivity contribution in [1.82, 2.24) is 14.1 Å². The Labute approximate surface area is 232 Å². The minimum atomic E-state index is -3.65. The van der Waals surface area contributed by atoms with Crippen LogP contribution < -0.4 is 15.0 Å². The third kappa shape index (κ3) is 6.77. The van der Waals surface area contributed by atoms with Crippen LogP contribution in [0.25, 0.3) is 22.0 Å². The molecule has 3 aromatic heterocycles. The molecule has 0 fully saturated rings. The van der Waals surface area contributed by atoms with Gasteiger partial charge < -0.3 is 18.6 Å². The van der Waals surface area contributed by atoms with Gasteiger partial charge >= 0.3 is 0 Å². The predicted molar refractivity (Wildman–Crippen MR) is 154 cm³/mol. The maximum atomic E-state index is 14.5. The number of nitrogens with zero attached hydrogens (tertiary/aromatic N) is 3. The summed E-state index contributed by atoms with van der Waals surface area (Å²) in [5, 5.41) is 0.396. The summed E-state index contributed by atoms with van der Waals surface area (Å²) in [7, 11) is -3.38. The normalized spacial score (nSPS) is 12.2. The van der Waals surface area contributed by atoms with Gasteiger partial charge in [0.15, 0.2) is 11.6 Å². The Morgan fingerprint density at radius 1 is 1.10 bits per heavy atom. The first kappa shape index (κ1) is 29.4. The lowest BCUT2D eigenvalue weighted by Crippen LogP contribution is -2.22. The molecule has 0 atom stereocenters. The highest BCUT2D eigenvalue weighted by molar-refractivity contribution is 7.92. The molecule has 0 aliphatic carbocycles. The van der Waals surface area contributed by atoms with Crippen LogP contribution in [0.3, 0.4) is 0 Å². The molecule has 0 aliphatic heterocycles. The van der Waals surface area contributed by atoms with Crippen LogP contribution >= 0.6 is 0 Å². The zero-order valence-corrected chi connectivity index (χ0v) is 24.8. The van der Waals surface area contributed by atoms with Crippen LogP contribution in [-0.4, -0.2) is 43.0 Å². The van der Waals surface area contributed by atoms with E-state index in [9.17, 15) is 22.0 Å². The minimum Gasteiger partial charge on any atom is -0.435 e. The number of nitrogens with one attached hydrogen (secondary N) is 1. The number of sulfonamides is 1. The van der Waals surface area contributed by atoms with Crippen molar-refractivity contribution in [3.63, 3.8) is 0 Å². The van der Waals surface area contributed by atoms with Crippen molar-refractivity contribution in [3.05, 3.63) is 70.9 Å². The van der Waals surface area contributed by atoms with Gasteiger partial charge in [0.2, 0.25) is 15.9 Å². The Hall–Kier alpha value is -3.55. The fraction of sp³-hybridized carbons (Fsp3) is 0.333. The van der Waals surface area contributed by atoms with Gasteiger partial charge in [0.25, 0.3) is 5.56 Å². The third-order valence-electron chi connectivity index (χ3n) is 6.21. The molecule has 0 aliphatic rings. The molecule has 0 unspecified atom stereocenters. The highest BCUT2D eigenvalue weighted by Crippen LogP contribution is 2.38. The summed E-state index contributed by atoms with van der Waals surface area (Å²) >= 11 is 0. The first-order valence-corrected chi connectivity index (χ1v) is 18.0. The molecule has 1 N–H and O–H groups in total. The lowest BCUT2D eigenvalue weighted by Gasteiger charge is -2.18. The summed E-state index contributed by atoms with van der Waals surface area (Å²) in [6, 6.07) is 7.02. The van der Waals surface area contributed by atoms with Crippen LogP contribution in [0.15, 0.2) is 53.7 Å². The third-order valence-corrected chi connectivity index (χ3v) is 9.23. The van der Waals surface area contributed by atoms with Crippen molar-refractivity contribution in [2.24, 2.45) is 7.05 Å². The Morgan fingerprint density at radius 2 is 1.85 bits per heavy atom. The van der Waals surface area contributed by atoms with E-state index in [0.29, 0.717) is 29.1 Å². The predicted octanol–water partition coefficient (Wildman–Crippen LogP) is 5.55. The smallest absolute Gasteiger partial charge is 0.259 e. The standard InChI is InChI=1S/C27H32F2N4O5SSi/c1-6-39(35,36)31-19-14-21(26(30-15-19)38-24-8-7-18(28)13-23(24)29)22-16-32(2)27(34)20-9-10-33(25(20)22)17-37-11-12-40(3,4)5/h7-10,13-16,31H,6,11-12,17H2,1-5H3. The second kappa shape index (κ2) is 11.5. The number of fused-ring (bicyclic) bond motifs is 1. The van der Waals surface area contributed by atoms with Crippen LogP contribution in [0.2, 0.25) is 25.7 Å². The van der Waals surface area contributed by atoms with Crippen molar-refractivity contribution in [2.75, 3.05) is 17.1 Å². The fourth-order valence-electron chi connectivity index (χ4n) is 3.99. The van der Waals surface area contributed by atoms with Gasteiger partial charge in [-0.05, 0) is 37.2 Å². The molecular formula is C27H32F2N4O5SSi. The molecular weight excluding hydrogens is 558 g/mol. The van der Waals surface area contributed by atoms with E-state index in [0.717, 1.165) is 18.2 Å². The number of pyridine rings is 2. The molecule has 1 aromatic carbocycles. The van der Waals surface area contributed by atoms with Crippen molar-refractivity contribution >= 4 is 34.7 Å². The molecule has 0 amide bonds. The SMILES string of the molecule is CCS(=O)(=O)Nc1cnc(Oc2ccc(F)cc2F)c(-c2cn(C)c(=O)c3ccn(COCC[Si](C)(C)C)c23)c1. The van der Waals surface area contributed by atoms with E-state index in [4.69, 9.17) is 9.47 Å². The molecule has 0 radical (unpaired) electrons. The van der Waals surface area contributed by atoms with Gasteiger partial charge in [0.1, 0.15) is 12.5 Å². The van der Waals surface area contributed by atoms with Crippen LogP contribution in [0.4, 0.5) is 14.5 Å². The number of ether oxygens (including phenoxy) is 2. The van der Waals surface area contributed by atoms with Crippen LogP contribution in [0, 0.1) is 11.6 Å². The Balaban J connectivity index is 1.87. The Bertz CT molecular complexity index is 1710. The summed E-state index contributed by atoms with van der Waals surface area (Å²) in [6.07, 6.45) is 4.55. The first-order valence-electron chi connectivity index (χ1n) is 12.7. The highest BCUT2D eigenvalue weighted by atomic mass is 32.2. The molecule has 4 rings (SSSR count). The van der Waals surface area contributed by atoms with Crippen LogP contribution in [-0.2, 0) is 28.5 Å². The van der Waals surface area contributed by atoms with E-state index in [1.807, 2.05) is 0 Å². The zero-order chi connectivity index (χ0) is 29.2. The second-order valence-corrected chi connectivity index (χ2v) is 18.2. The average Bonchev–Trinajstić information content (AvgIpc) is 3.30. The Kier molecular flexibility index (Phi) is 8.47. The van der Waals surface area contributed by atoms with Crippen molar-refractivity contribution in [2.45, 2.75) is 39.3 Å². The quantitative estimate of drug-likeness (QED) is 0.182. The lowest BCUT2D eigenvalue weighted by molar-refractivity contribution is 0.0903. The average molecular weight is 591 g/mol. The first-order chi connectivity index (χ1) is 18.8. The second-order valence-electron chi connectivity index (χ2n) is 10.6. The summed E-state index contributed by atoms with van der Waals surface area (Å²) in [6.45, 7) is 8.98. The molecule has 0 bridgehead atoms. The molecule has 214 valence electrons. The molecule has 0 spiro atoms. The highest BCUT2D eigenvalue weighted by Gasteiger charge is 2.21. The number of aryl methyl sites for hydroxylation is 1. The number of halogens is 2. The summed E-state index contributed by atoms with van der Waals surface area (Å²) < 4.78 is 70.0. The molecule has 9 nitrogen and oxygen atoms in total. The van der Waals surface area contributed by atoms with E-state index < -0.39 is 29.7 Å². The number of aromatic nitrogens is 3. The van der Waals surface area contributed by atoms with Gasteiger partial charge in [-0.3, -0.25) is 9.52 Å². The summed E-state index contributed by atoms with van der Waals surface area (Å²) in [4.78, 5) is 17.3. The maximum absolute atomic E-state index is 14.5. The van der Waals surface area contributed by atoms with Gasteiger partial charge in [0.05, 0.1) is 34.1 Å². The van der Waals surface area contributed by atoms with Crippen molar-refractivity contribution in [1.29, 1.82) is 0 Å². The molecule has 3 heterocycles. The number of hydrogen-bond acceptors (Lipinski definition) is 6. The van der Waals surface area contributed by atoms with Gasteiger partial charge in [-0.25, -0.2) is 22.2 Å². The number of benzene rings is 1. The van der Waals surface area contributed by atoms with Crippen LogP contribution in [0.5, 0.6) is 11.6 Å².